The fraction of sp³-hybridized carbons (Fsp3) is 0.500. The molecule has 0 bridgehead atoms. The molecule has 1 aliphatic rings. The molecule has 0 radical (unpaired) electrons. The van der Waals surface area contributed by atoms with E-state index >= 15 is 0 Å². The lowest BCUT2D eigenvalue weighted by molar-refractivity contribution is 0.00513. The van der Waals surface area contributed by atoms with Crippen LogP contribution in [0.4, 0.5) is 0 Å². The molecule has 1 aromatic carbocycles. The van der Waals surface area contributed by atoms with Gasteiger partial charge in [-0.2, -0.15) is 0 Å². The molecule has 1 saturated heterocycles. The highest BCUT2D eigenvalue weighted by Gasteiger charge is 2.20. The number of nitrogens with zero attached hydrogens (tertiary/aromatic N) is 1. The maximum Gasteiger partial charge on any atom is 0.0702 e. The smallest absolute Gasteiger partial charge is 0.0702 e. The van der Waals surface area contributed by atoms with Crippen molar-refractivity contribution in [2.45, 2.75) is 44.8 Å². The Bertz CT molecular complexity index is 578. The van der Waals surface area contributed by atoms with Gasteiger partial charge < -0.3 is 10.1 Å². The van der Waals surface area contributed by atoms with Gasteiger partial charge in [0.25, 0.3) is 0 Å². The van der Waals surface area contributed by atoms with Gasteiger partial charge in [-0.1, -0.05) is 25.1 Å². The van der Waals surface area contributed by atoms with E-state index in [1.165, 1.54) is 30.2 Å². The van der Waals surface area contributed by atoms with Crippen molar-refractivity contribution in [2.24, 2.45) is 0 Å². The molecule has 0 spiro atoms. The lowest BCUT2D eigenvalue weighted by Gasteiger charge is -2.27. The van der Waals surface area contributed by atoms with E-state index in [0.717, 1.165) is 25.1 Å². The Hall–Kier alpha value is -1.45. The van der Waals surface area contributed by atoms with E-state index in [2.05, 4.69) is 41.5 Å². The van der Waals surface area contributed by atoms with Crippen molar-refractivity contribution in [3.8, 4) is 0 Å². The second kappa shape index (κ2) is 7.01. The Morgan fingerprint density at radius 3 is 3.05 bits per heavy atom. The monoisotopic (exact) mass is 284 g/mol. The Morgan fingerprint density at radius 1 is 1.33 bits per heavy atom. The van der Waals surface area contributed by atoms with Crippen molar-refractivity contribution >= 4 is 10.9 Å². The molecule has 0 aliphatic carbocycles. The number of rotatable bonds is 5. The van der Waals surface area contributed by atoms with E-state index < -0.39 is 0 Å². The molecule has 2 unspecified atom stereocenters. The summed E-state index contributed by atoms with van der Waals surface area (Å²) >= 11 is 0. The van der Waals surface area contributed by atoms with Gasteiger partial charge in [0, 0.05) is 24.2 Å². The highest BCUT2D eigenvalue weighted by molar-refractivity contribution is 5.78. The first kappa shape index (κ1) is 14.5. The molecule has 3 heteroatoms. The van der Waals surface area contributed by atoms with Crippen LogP contribution in [0.2, 0.25) is 0 Å². The molecular weight excluding hydrogens is 260 g/mol. The Labute approximate surface area is 126 Å². The summed E-state index contributed by atoms with van der Waals surface area (Å²) in [5.74, 6) is 0. The van der Waals surface area contributed by atoms with Crippen LogP contribution < -0.4 is 5.32 Å². The van der Waals surface area contributed by atoms with E-state index in [1.54, 1.807) is 0 Å². The van der Waals surface area contributed by atoms with Crippen molar-refractivity contribution in [3.05, 3.63) is 42.1 Å². The predicted molar refractivity (Wildman–Crippen MR) is 86.4 cm³/mol. The molecule has 1 aromatic heterocycles. The van der Waals surface area contributed by atoms with Crippen molar-refractivity contribution < 1.29 is 4.74 Å². The Morgan fingerprint density at radius 2 is 2.24 bits per heavy atom. The first-order valence-corrected chi connectivity index (χ1v) is 8.06. The number of pyridine rings is 1. The average Bonchev–Trinajstić information content (AvgIpc) is 2.55. The third kappa shape index (κ3) is 3.60. The van der Waals surface area contributed by atoms with Gasteiger partial charge in [-0.05, 0) is 49.9 Å². The lowest BCUT2D eigenvalue weighted by atomic mass is 9.96. The van der Waals surface area contributed by atoms with Gasteiger partial charge in [-0.25, -0.2) is 0 Å². The second-order valence-corrected chi connectivity index (χ2v) is 5.80. The van der Waals surface area contributed by atoms with Crippen molar-refractivity contribution in [2.75, 3.05) is 13.2 Å². The quantitative estimate of drug-likeness (QED) is 0.905. The molecule has 2 atom stereocenters. The normalized spacial score (nSPS) is 20.5. The van der Waals surface area contributed by atoms with E-state index in [4.69, 9.17) is 4.74 Å². The lowest BCUT2D eigenvalue weighted by Crippen LogP contribution is -2.28. The number of ether oxygens (including phenoxy) is 1. The van der Waals surface area contributed by atoms with Crippen molar-refractivity contribution in [1.29, 1.82) is 0 Å². The molecule has 0 saturated carbocycles. The first-order valence-electron chi connectivity index (χ1n) is 8.06. The van der Waals surface area contributed by atoms with Crippen LogP contribution in [0.5, 0.6) is 0 Å². The summed E-state index contributed by atoms with van der Waals surface area (Å²) < 4.78 is 5.90. The Balaban J connectivity index is 1.80. The third-order valence-corrected chi connectivity index (χ3v) is 4.24. The predicted octanol–water partition coefficient (Wildman–Crippen LogP) is 3.84. The van der Waals surface area contributed by atoms with Crippen molar-refractivity contribution in [1.82, 2.24) is 10.3 Å². The summed E-state index contributed by atoms with van der Waals surface area (Å²) in [7, 11) is 0. The third-order valence-electron chi connectivity index (χ3n) is 4.24. The van der Waals surface area contributed by atoms with E-state index in [9.17, 15) is 0 Å². The zero-order chi connectivity index (χ0) is 14.5. The van der Waals surface area contributed by atoms with Crippen LogP contribution in [-0.2, 0) is 4.74 Å². The zero-order valence-electron chi connectivity index (χ0n) is 12.7. The minimum atomic E-state index is 0.329. The Kier molecular flexibility index (Phi) is 4.84. The summed E-state index contributed by atoms with van der Waals surface area (Å²) in [6.45, 7) is 4.03. The second-order valence-electron chi connectivity index (χ2n) is 5.80. The number of hydrogen-bond acceptors (Lipinski definition) is 3. The van der Waals surface area contributed by atoms with Crippen LogP contribution in [0.3, 0.4) is 0 Å². The molecule has 1 aliphatic heterocycles. The van der Waals surface area contributed by atoms with Gasteiger partial charge in [-0.3, -0.25) is 4.98 Å². The molecule has 0 amide bonds. The molecule has 2 aromatic rings. The standard InChI is InChI=1S/C18H24N2O/c1-2-19-18(12-16-8-5-6-10-21-16)15-11-14-7-3-4-9-17(14)20-13-15/h3-4,7,9,11,13,16,18-19H,2,5-6,8,10,12H2,1H3. The number of aromatic nitrogens is 1. The van der Waals surface area contributed by atoms with Crippen LogP contribution in [0.1, 0.15) is 44.2 Å². The zero-order valence-corrected chi connectivity index (χ0v) is 12.7. The molecule has 3 nitrogen and oxygen atoms in total. The number of nitrogens with one attached hydrogen (secondary N) is 1. The highest BCUT2D eigenvalue weighted by atomic mass is 16.5. The van der Waals surface area contributed by atoms with Crippen LogP contribution in [0.25, 0.3) is 10.9 Å². The maximum absolute atomic E-state index is 5.90. The fourth-order valence-corrected chi connectivity index (χ4v) is 3.12. The van der Waals surface area contributed by atoms with Crippen LogP contribution in [0.15, 0.2) is 36.5 Å². The van der Waals surface area contributed by atoms with Crippen LogP contribution >= 0.6 is 0 Å². The minimum absolute atomic E-state index is 0.329. The average molecular weight is 284 g/mol. The van der Waals surface area contributed by atoms with E-state index in [0.29, 0.717) is 12.1 Å². The van der Waals surface area contributed by atoms with E-state index in [-0.39, 0.29) is 0 Å². The van der Waals surface area contributed by atoms with Crippen LogP contribution in [0, 0.1) is 0 Å². The molecule has 112 valence electrons. The van der Waals surface area contributed by atoms with Gasteiger partial charge in [0.15, 0.2) is 0 Å². The summed E-state index contributed by atoms with van der Waals surface area (Å²) in [5.41, 5.74) is 2.33. The first-order chi connectivity index (χ1) is 10.4. The summed E-state index contributed by atoms with van der Waals surface area (Å²) in [4.78, 5) is 4.60. The largest absolute Gasteiger partial charge is 0.378 e. The van der Waals surface area contributed by atoms with Gasteiger partial charge in [0.05, 0.1) is 11.6 Å². The van der Waals surface area contributed by atoms with E-state index in [1.807, 2.05) is 12.3 Å². The van der Waals surface area contributed by atoms with Gasteiger partial charge in [0.2, 0.25) is 0 Å². The molecule has 3 rings (SSSR count). The highest BCUT2D eigenvalue weighted by Crippen LogP contribution is 2.26. The van der Waals surface area contributed by atoms with Crippen molar-refractivity contribution in [3.63, 3.8) is 0 Å². The fourth-order valence-electron chi connectivity index (χ4n) is 3.12. The molecule has 21 heavy (non-hydrogen) atoms. The molecule has 1 N–H and O–H groups in total. The van der Waals surface area contributed by atoms with Gasteiger partial charge in [-0.15, -0.1) is 0 Å². The summed E-state index contributed by atoms with van der Waals surface area (Å²) in [6, 6.07) is 10.9. The number of para-hydroxylation sites is 1. The minimum Gasteiger partial charge on any atom is -0.378 e. The topological polar surface area (TPSA) is 34.1 Å². The summed E-state index contributed by atoms with van der Waals surface area (Å²) in [6.07, 6.45) is 7.11. The summed E-state index contributed by atoms with van der Waals surface area (Å²) in [5, 5.41) is 4.80. The molecule has 2 heterocycles. The van der Waals surface area contributed by atoms with Crippen LogP contribution in [-0.4, -0.2) is 24.2 Å². The number of benzene rings is 1. The SMILES string of the molecule is CCNC(CC1CCCCO1)c1cnc2ccccc2c1. The van der Waals surface area contributed by atoms with Gasteiger partial charge >= 0.3 is 0 Å². The molecule has 1 fully saturated rings. The maximum atomic E-state index is 5.90. The number of hydrogen-bond donors (Lipinski definition) is 1. The number of fused-ring (bicyclic) bond motifs is 1. The van der Waals surface area contributed by atoms with Gasteiger partial charge in [0.1, 0.15) is 0 Å². The molecular formula is C18H24N2O.